The van der Waals surface area contributed by atoms with Crippen LogP contribution >= 0.6 is 0 Å². The Labute approximate surface area is 166 Å². The number of furan rings is 1. The van der Waals surface area contributed by atoms with Crippen molar-refractivity contribution >= 4 is 21.9 Å². The number of benzene rings is 2. The Kier molecular flexibility index (Phi) is 5.93. The highest BCUT2D eigenvalue weighted by molar-refractivity contribution is 7.89. The van der Waals surface area contributed by atoms with Gasteiger partial charge in [0.15, 0.2) is 0 Å². The topological polar surface area (TPSA) is 124 Å². The average molecular weight is 415 g/mol. The molecule has 0 saturated heterocycles. The fourth-order valence-corrected chi connectivity index (χ4v) is 3.22. The summed E-state index contributed by atoms with van der Waals surface area (Å²) in [6, 6.07) is 15.5. The molecule has 29 heavy (non-hydrogen) atoms. The molecule has 0 fully saturated rings. The Hall–Kier alpha value is -3.66. The average Bonchev–Trinajstić information content (AvgIpc) is 3.15. The van der Waals surface area contributed by atoms with Crippen LogP contribution in [0, 0.1) is 17.0 Å². The van der Waals surface area contributed by atoms with Gasteiger partial charge in [0.05, 0.1) is 16.0 Å². The van der Waals surface area contributed by atoms with Gasteiger partial charge in [0.25, 0.3) is 15.7 Å². The predicted octanol–water partition coefficient (Wildman–Crippen LogP) is 3.39. The largest absolute Gasteiger partial charge is 0.485 e. The number of rotatable bonds is 8. The number of hydrogen-bond acceptors (Lipinski definition) is 7. The van der Waals surface area contributed by atoms with E-state index < -0.39 is 14.9 Å². The summed E-state index contributed by atoms with van der Waals surface area (Å²) in [5, 5.41) is 14.4. The van der Waals surface area contributed by atoms with E-state index in [0.29, 0.717) is 11.5 Å². The first-order chi connectivity index (χ1) is 13.8. The quantitative estimate of drug-likeness (QED) is 0.342. The van der Waals surface area contributed by atoms with E-state index in [2.05, 4.69) is 5.10 Å². The van der Waals surface area contributed by atoms with Crippen LogP contribution in [0.5, 0.6) is 5.75 Å². The molecule has 9 nitrogen and oxygen atoms in total. The first-order valence-corrected chi connectivity index (χ1v) is 9.90. The van der Waals surface area contributed by atoms with Gasteiger partial charge >= 0.3 is 0 Å². The van der Waals surface area contributed by atoms with E-state index >= 15 is 0 Å². The van der Waals surface area contributed by atoms with Gasteiger partial charge in [0, 0.05) is 12.1 Å². The molecular weight excluding hydrogens is 398 g/mol. The van der Waals surface area contributed by atoms with Gasteiger partial charge in [-0.3, -0.25) is 10.1 Å². The fraction of sp³-hybridized carbons (Fsp3) is 0.105. The van der Waals surface area contributed by atoms with Crippen LogP contribution in [0.3, 0.4) is 0 Å². The van der Waals surface area contributed by atoms with Crippen molar-refractivity contribution in [1.29, 1.82) is 0 Å². The zero-order valence-corrected chi connectivity index (χ0v) is 16.1. The van der Waals surface area contributed by atoms with Gasteiger partial charge in [0.2, 0.25) is 0 Å². The summed E-state index contributed by atoms with van der Waals surface area (Å²) < 4.78 is 35.6. The number of aryl methyl sites for hydroxylation is 1. The summed E-state index contributed by atoms with van der Waals surface area (Å²) in [4.78, 5) is 11.8. The highest BCUT2D eigenvalue weighted by Crippen LogP contribution is 2.19. The number of nitro groups is 1. The molecule has 0 aliphatic carbocycles. The van der Waals surface area contributed by atoms with Crippen LogP contribution in [0.15, 0.2) is 75.1 Å². The van der Waals surface area contributed by atoms with Crippen molar-refractivity contribution in [3.8, 4) is 5.75 Å². The van der Waals surface area contributed by atoms with Gasteiger partial charge in [-0.2, -0.15) is 18.4 Å². The summed E-state index contributed by atoms with van der Waals surface area (Å²) in [7, 11) is -4.05. The maximum Gasteiger partial charge on any atom is 0.276 e. The standard InChI is InChI=1S/C19H17N3O6S/c1-14-5-2-3-8-19(14)27-13-17-10-9-16(28-17)12-20-21-29(25,26)18-7-4-6-15(11-18)22(23)24/h2-12,21H,13H2,1H3. The van der Waals surface area contributed by atoms with Crippen LogP contribution in [-0.2, 0) is 16.6 Å². The van der Waals surface area contributed by atoms with Crippen molar-refractivity contribution in [3.63, 3.8) is 0 Å². The lowest BCUT2D eigenvalue weighted by atomic mass is 10.2. The van der Waals surface area contributed by atoms with Crippen molar-refractivity contribution in [2.24, 2.45) is 5.10 Å². The highest BCUT2D eigenvalue weighted by Gasteiger charge is 2.16. The van der Waals surface area contributed by atoms with E-state index in [4.69, 9.17) is 9.15 Å². The zero-order chi connectivity index (χ0) is 20.9. The van der Waals surface area contributed by atoms with Gasteiger partial charge < -0.3 is 9.15 Å². The number of nitrogens with zero attached hydrogens (tertiary/aromatic N) is 2. The Morgan fingerprint density at radius 2 is 1.97 bits per heavy atom. The molecule has 1 N–H and O–H groups in total. The number of hydrazone groups is 1. The molecule has 0 aliphatic rings. The fourth-order valence-electron chi connectivity index (χ4n) is 2.39. The number of non-ortho nitro benzene ring substituents is 1. The van der Waals surface area contributed by atoms with Gasteiger partial charge in [-0.05, 0) is 36.8 Å². The molecule has 3 aromatic rings. The molecule has 150 valence electrons. The molecule has 2 aromatic carbocycles. The third-order valence-corrected chi connectivity index (χ3v) is 5.07. The molecule has 0 unspecified atom stereocenters. The van der Waals surface area contributed by atoms with Crippen LogP contribution in [0.1, 0.15) is 17.1 Å². The number of para-hydroxylation sites is 1. The van der Waals surface area contributed by atoms with Crippen molar-refractivity contribution in [2.75, 3.05) is 0 Å². The maximum absolute atomic E-state index is 12.2. The summed E-state index contributed by atoms with van der Waals surface area (Å²) in [5.41, 5.74) is 0.664. The van der Waals surface area contributed by atoms with Crippen LogP contribution in [-0.4, -0.2) is 19.6 Å². The second-order valence-electron chi connectivity index (χ2n) is 5.97. The van der Waals surface area contributed by atoms with E-state index in [9.17, 15) is 18.5 Å². The van der Waals surface area contributed by atoms with Crippen LogP contribution in [0.4, 0.5) is 5.69 Å². The van der Waals surface area contributed by atoms with Gasteiger partial charge in [-0.25, -0.2) is 0 Å². The van der Waals surface area contributed by atoms with Gasteiger partial charge in [-0.1, -0.05) is 24.3 Å². The number of ether oxygens (including phenoxy) is 1. The summed E-state index contributed by atoms with van der Waals surface area (Å²) in [5.74, 6) is 1.59. The second-order valence-corrected chi connectivity index (χ2v) is 7.63. The number of hydrogen-bond donors (Lipinski definition) is 1. The molecule has 0 bridgehead atoms. The van der Waals surface area contributed by atoms with Crippen molar-refractivity contribution in [2.45, 2.75) is 18.4 Å². The normalized spacial score (nSPS) is 11.5. The SMILES string of the molecule is Cc1ccccc1OCc1ccc(C=NNS(=O)(=O)c2cccc([N+](=O)[O-])c2)o1. The Bertz CT molecular complexity index is 1150. The lowest BCUT2D eigenvalue weighted by Gasteiger charge is -2.06. The molecule has 0 amide bonds. The first kappa shape index (κ1) is 20.1. The van der Waals surface area contributed by atoms with Crippen molar-refractivity contribution in [1.82, 2.24) is 4.83 Å². The number of sulfonamides is 1. The van der Waals surface area contributed by atoms with Crippen LogP contribution < -0.4 is 9.57 Å². The third-order valence-electron chi connectivity index (χ3n) is 3.85. The second kappa shape index (κ2) is 8.57. The summed E-state index contributed by atoms with van der Waals surface area (Å²) in [6.07, 6.45) is 1.19. The molecule has 0 atom stereocenters. The van der Waals surface area contributed by atoms with Crippen molar-refractivity contribution in [3.05, 3.63) is 87.9 Å². The van der Waals surface area contributed by atoms with Crippen LogP contribution in [0.2, 0.25) is 0 Å². The molecule has 0 spiro atoms. The molecule has 0 radical (unpaired) electrons. The molecule has 3 rings (SSSR count). The third kappa shape index (κ3) is 5.20. The molecule has 0 saturated carbocycles. The molecule has 10 heteroatoms. The van der Waals surface area contributed by atoms with E-state index in [1.165, 1.54) is 24.4 Å². The van der Waals surface area contributed by atoms with Gasteiger partial charge in [-0.15, -0.1) is 0 Å². The number of nitro benzene ring substituents is 1. The zero-order valence-electron chi connectivity index (χ0n) is 15.3. The van der Waals surface area contributed by atoms with Crippen molar-refractivity contribution < 1.29 is 22.5 Å². The molecule has 1 aromatic heterocycles. The molecular formula is C19H17N3O6S. The van der Waals surface area contributed by atoms with E-state index in [-0.39, 0.29) is 17.2 Å². The Morgan fingerprint density at radius 3 is 2.72 bits per heavy atom. The molecule has 0 aliphatic heterocycles. The predicted molar refractivity (Wildman–Crippen MR) is 105 cm³/mol. The minimum Gasteiger partial charge on any atom is -0.485 e. The van der Waals surface area contributed by atoms with E-state index in [1.807, 2.05) is 36.0 Å². The lowest BCUT2D eigenvalue weighted by molar-refractivity contribution is -0.385. The summed E-state index contributed by atoms with van der Waals surface area (Å²) in [6.45, 7) is 2.14. The van der Waals surface area contributed by atoms with Gasteiger partial charge in [0.1, 0.15) is 23.9 Å². The maximum atomic E-state index is 12.2. The Morgan fingerprint density at radius 1 is 1.17 bits per heavy atom. The van der Waals surface area contributed by atoms with E-state index in [1.54, 1.807) is 12.1 Å². The smallest absolute Gasteiger partial charge is 0.276 e. The lowest BCUT2D eigenvalue weighted by Crippen LogP contribution is -2.18. The Balaban J connectivity index is 1.61. The minimum atomic E-state index is -4.05. The summed E-state index contributed by atoms with van der Waals surface area (Å²) >= 11 is 0. The highest BCUT2D eigenvalue weighted by atomic mass is 32.2. The van der Waals surface area contributed by atoms with E-state index in [0.717, 1.165) is 17.4 Å². The number of nitrogens with one attached hydrogen (secondary N) is 1. The van der Waals surface area contributed by atoms with Crippen LogP contribution in [0.25, 0.3) is 0 Å². The molecule has 1 heterocycles. The first-order valence-electron chi connectivity index (χ1n) is 8.41. The monoisotopic (exact) mass is 415 g/mol. The minimum absolute atomic E-state index is 0.206.